The van der Waals surface area contributed by atoms with Crippen molar-refractivity contribution in [1.29, 1.82) is 0 Å². The summed E-state index contributed by atoms with van der Waals surface area (Å²) in [6.45, 7) is 7.04. The molecular weight excluding hydrogens is 282 g/mol. The molecule has 0 heterocycles. The van der Waals surface area contributed by atoms with Gasteiger partial charge in [-0.2, -0.15) is 4.31 Å². The van der Waals surface area contributed by atoms with Gasteiger partial charge in [-0.3, -0.25) is 0 Å². The van der Waals surface area contributed by atoms with E-state index in [0.29, 0.717) is 0 Å². The van der Waals surface area contributed by atoms with Gasteiger partial charge in [0.1, 0.15) is 11.3 Å². The average Bonchev–Trinajstić information content (AvgIpc) is 2.35. The number of aromatic hydroxyl groups is 1. The molecule has 0 amide bonds. The molecule has 0 radical (unpaired) electrons. The van der Waals surface area contributed by atoms with Crippen molar-refractivity contribution >= 4 is 16.0 Å². The maximum atomic E-state index is 12.5. The molecule has 0 atom stereocenters. The van der Waals surface area contributed by atoms with E-state index in [1.54, 1.807) is 13.8 Å². The standard InChI is InChI=1S/C13H17NO5S/c1-4-7-14(9(2)3)20(18,19)10-5-6-12(15)11(8-10)13(16)17/h4-6,8-9,15H,1,7H2,2-3H3,(H,16,17). The molecule has 0 aliphatic rings. The Balaban J connectivity index is 3.38. The van der Waals surface area contributed by atoms with Gasteiger partial charge in [0.15, 0.2) is 0 Å². The molecule has 0 fully saturated rings. The Hall–Kier alpha value is -1.86. The molecular formula is C13H17NO5S. The van der Waals surface area contributed by atoms with Crippen LogP contribution in [0.2, 0.25) is 0 Å². The summed E-state index contributed by atoms with van der Waals surface area (Å²) in [5.41, 5.74) is -0.451. The van der Waals surface area contributed by atoms with Crippen molar-refractivity contribution in [3.8, 4) is 5.75 Å². The van der Waals surface area contributed by atoms with Crippen molar-refractivity contribution in [2.75, 3.05) is 6.54 Å². The van der Waals surface area contributed by atoms with E-state index in [1.165, 1.54) is 16.4 Å². The van der Waals surface area contributed by atoms with Crippen LogP contribution in [-0.2, 0) is 10.0 Å². The molecule has 20 heavy (non-hydrogen) atoms. The number of benzene rings is 1. The third kappa shape index (κ3) is 3.17. The Bertz CT molecular complexity index is 622. The van der Waals surface area contributed by atoms with Crippen molar-refractivity contribution in [3.63, 3.8) is 0 Å². The Morgan fingerprint density at radius 3 is 2.50 bits per heavy atom. The lowest BCUT2D eigenvalue weighted by atomic mass is 10.2. The number of phenols is 1. The summed E-state index contributed by atoms with van der Waals surface area (Å²) in [6, 6.07) is 2.88. The van der Waals surface area contributed by atoms with E-state index in [0.717, 1.165) is 12.1 Å². The summed E-state index contributed by atoms with van der Waals surface area (Å²) in [6.07, 6.45) is 1.45. The minimum Gasteiger partial charge on any atom is -0.507 e. The third-order valence-electron chi connectivity index (χ3n) is 2.69. The Morgan fingerprint density at radius 1 is 1.45 bits per heavy atom. The van der Waals surface area contributed by atoms with Crippen molar-refractivity contribution < 1.29 is 23.4 Å². The largest absolute Gasteiger partial charge is 0.507 e. The zero-order valence-corrected chi connectivity index (χ0v) is 12.1. The van der Waals surface area contributed by atoms with Gasteiger partial charge in [-0.05, 0) is 32.0 Å². The molecule has 0 saturated heterocycles. The first kappa shape index (κ1) is 16.2. The van der Waals surface area contributed by atoms with Crippen molar-refractivity contribution in [1.82, 2.24) is 4.31 Å². The van der Waals surface area contributed by atoms with Gasteiger partial charge in [0.2, 0.25) is 10.0 Å². The zero-order chi connectivity index (χ0) is 15.5. The molecule has 0 aliphatic carbocycles. The fourth-order valence-electron chi connectivity index (χ4n) is 1.70. The second-order valence-electron chi connectivity index (χ2n) is 4.44. The smallest absolute Gasteiger partial charge is 0.339 e. The first-order valence-electron chi connectivity index (χ1n) is 5.91. The van der Waals surface area contributed by atoms with Crippen LogP contribution in [0.25, 0.3) is 0 Å². The van der Waals surface area contributed by atoms with Crippen LogP contribution >= 0.6 is 0 Å². The number of sulfonamides is 1. The Labute approximate surface area is 118 Å². The summed E-state index contributed by atoms with van der Waals surface area (Å²) in [7, 11) is -3.85. The minimum atomic E-state index is -3.85. The van der Waals surface area contributed by atoms with E-state index in [9.17, 15) is 18.3 Å². The first-order chi connectivity index (χ1) is 9.21. The zero-order valence-electron chi connectivity index (χ0n) is 11.3. The number of carboxylic acid groups (broad SMARTS) is 1. The topological polar surface area (TPSA) is 94.9 Å². The molecule has 7 heteroatoms. The fourth-order valence-corrected chi connectivity index (χ4v) is 3.33. The predicted molar refractivity (Wildman–Crippen MR) is 74.3 cm³/mol. The lowest BCUT2D eigenvalue weighted by molar-refractivity contribution is 0.0693. The van der Waals surface area contributed by atoms with Crippen LogP contribution in [0.5, 0.6) is 5.75 Å². The van der Waals surface area contributed by atoms with Gasteiger partial charge in [0.05, 0.1) is 4.90 Å². The number of carbonyl (C=O) groups is 1. The van der Waals surface area contributed by atoms with Gasteiger partial charge in [-0.1, -0.05) is 6.08 Å². The number of nitrogens with zero attached hydrogens (tertiary/aromatic N) is 1. The quantitative estimate of drug-likeness (QED) is 0.779. The molecule has 0 unspecified atom stereocenters. The lowest BCUT2D eigenvalue weighted by Gasteiger charge is -2.24. The third-order valence-corrected chi connectivity index (χ3v) is 4.73. The van der Waals surface area contributed by atoms with Crippen LogP contribution in [0.3, 0.4) is 0 Å². The SMILES string of the molecule is C=CCN(C(C)C)S(=O)(=O)c1ccc(O)c(C(=O)O)c1. The van der Waals surface area contributed by atoms with E-state index >= 15 is 0 Å². The van der Waals surface area contributed by atoms with Gasteiger partial charge >= 0.3 is 5.97 Å². The second-order valence-corrected chi connectivity index (χ2v) is 6.33. The molecule has 2 N–H and O–H groups in total. The van der Waals surface area contributed by atoms with E-state index < -0.39 is 27.3 Å². The molecule has 6 nitrogen and oxygen atoms in total. The van der Waals surface area contributed by atoms with Gasteiger partial charge in [0, 0.05) is 12.6 Å². The van der Waals surface area contributed by atoms with Crippen LogP contribution in [0.4, 0.5) is 0 Å². The summed E-state index contributed by atoms with van der Waals surface area (Å²) in [4.78, 5) is 10.8. The summed E-state index contributed by atoms with van der Waals surface area (Å²) in [5.74, 6) is -1.87. The van der Waals surface area contributed by atoms with Crippen LogP contribution in [0, 0.1) is 0 Å². The van der Waals surface area contributed by atoms with Gasteiger partial charge in [0.25, 0.3) is 0 Å². The molecule has 0 aromatic heterocycles. The number of carboxylic acids is 1. The average molecular weight is 299 g/mol. The molecule has 0 bridgehead atoms. The maximum absolute atomic E-state index is 12.5. The highest BCUT2D eigenvalue weighted by atomic mass is 32.2. The molecule has 1 aromatic carbocycles. The Kier molecular flexibility index (Phi) is 4.91. The van der Waals surface area contributed by atoms with Crippen LogP contribution < -0.4 is 0 Å². The summed E-state index contributed by atoms with van der Waals surface area (Å²) >= 11 is 0. The van der Waals surface area contributed by atoms with Crippen molar-refractivity contribution in [3.05, 3.63) is 36.4 Å². The van der Waals surface area contributed by atoms with E-state index in [2.05, 4.69) is 6.58 Å². The number of aromatic carboxylic acids is 1. The second kappa shape index (κ2) is 6.06. The fraction of sp³-hybridized carbons (Fsp3) is 0.308. The molecule has 0 spiro atoms. The van der Waals surface area contributed by atoms with Gasteiger partial charge in [-0.15, -0.1) is 6.58 Å². The minimum absolute atomic E-state index is 0.114. The monoisotopic (exact) mass is 299 g/mol. The van der Waals surface area contributed by atoms with Crippen LogP contribution in [0.15, 0.2) is 35.7 Å². The normalized spacial score (nSPS) is 11.8. The molecule has 1 aromatic rings. The highest BCUT2D eigenvalue weighted by Gasteiger charge is 2.27. The summed E-state index contributed by atoms with van der Waals surface area (Å²) in [5, 5.41) is 18.3. The Morgan fingerprint density at radius 2 is 2.05 bits per heavy atom. The van der Waals surface area contributed by atoms with Gasteiger partial charge < -0.3 is 10.2 Å². The highest BCUT2D eigenvalue weighted by molar-refractivity contribution is 7.89. The molecule has 110 valence electrons. The van der Waals surface area contributed by atoms with Crippen molar-refractivity contribution in [2.24, 2.45) is 0 Å². The molecule has 0 aliphatic heterocycles. The van der Waals surface area contributed by atoms with Gasteiger partial charge in [-0.25, -0.2) is 13.2 Å². The number of hydrogen-bond donors (Lipinski definition) is 2. The predicted octanol–water partition coefficient (Wildman–Crippen LogP) is 1.68. The summed E-state index contributed by atoms with van der Waals surface area (Å²) < 4.78 is 26.1. The van der Waals surface area contributed by atoms with Crippen LogP contribution in [0.1, 0.15) is 24.2 Å². The molecule has 0 saturated carbocycles. The highest BCUT2D eigenvalue weighted by Crippen LogP contribution is 2.24. The van der Waals surface area contributed by atoms with E-state index in [-0.39, 0.29) is 17.5 Å². The number of hydrogen-bond acceptors (Lipinski definition) is 4. The maximum Gasteiger partial charge on any atom is 0.339 e. The first-order valence-corrected chi connectivity index (χ1v) is 7.35. The van der Waals surface area contributed by atoms with E-state index in [1.807, 2.05) is 0 Å². The van der Waals surface area contributed by atoms with E-state index in [4.69, 9.17) is 5.11 Å². The molecule has 1 rings (SSSR count). The van der Waals surface area contributed by atoms with Crippen molar-refractivity contribution in [2.45, 2.75) is 24.8 Å². The number of rotatable bonds is 6. The van der Waals surface area contributed by atoms with Crippen LogP contribution in [-0.4, -0.2) is 41.5 Å². The lowest BCUT2D eigenvalue weighted by Crippen LogP contribution is -2.37.